The zero-order valence-electron chi connectivity index (χ0n) is 10.9. The number of pyridine rings is 1. The highest BCUT2D eigenvalue weighted by atomic mass is 16.5. The zero-order chi connectivity index (χ0) is 12.7. The van der Waals surface area contributed by atoms with Gasteiger partial charge in [-0.05, 0) is 26.0 Å². The maximum atomic E-state index is 11.9. The number of nitrogens with zero attached hydrogens (tertiary/aromatic N) is 1. The van der Waals surface area contributed by atoms with Crippen LogP contribution < -0.4 is 10.9 Å². The second-order valence-electron chi connectivity index (χ2n) is 4.26. The summed E-state index contributed by atoms with van der Waals surface area (Å²) in [5, 5.41) is 3.38. The van der Waals surface area contributed by atoms with Gasteiger partial charge >= 0.3 is 0 Å². The van der Waals surface area contributed by atoms with E-state index in [0.717, 1.165) is 18.5 Å². The number of aromatic nitrogens is 1. The van der Waals surface area contributed by atoms with E-state index in [1.807, 2.05) is 25.3 Å². The minimum absolute atomic E-state index is 0.0758. The van der Waals surface area contributed by atoms with E-state index >= 15 is 0 Å². The van der Waals surface area contributed by atoms with Gasteiger partial charge in [0.25, 0.3) is 5.56 Å². The van der Waals surface area contributed by atoms with Gasteiger partial charge in [0.1, 0.15) is 0 Å². The first-order valence-corrected chi connectivity index (χ1v) is 6.07. The molecule has 1 N–H and O–H groups in total. The van der Waals surface area contributed by atoms with Crippen molar-refractivity contribution in [3.8, 4) is 0 Å². The minimum Gasteiger partial charge on any atom is -0.383 e. The number of aryl methyl sites for hydroxylation is 1. The van der Waals surface area contributed by atoms with E-state index in [4.69, 9.17) is 4.74 Å². The Morgan fingerprint density at radius 3 is 2.94 bits per heavy atom. The Morgan fingerprint density at radius 1 is 1.53 bits per heavy atom. The number of hydrogen-bond acceptors (Lipinski definition) is 3. The van der Waals surface area contributed by atoms with Crippen molar-refractivity contribution in [3.63, 3.8) is 0 Å². The maximum Gasteiger partial charge on any atom is 0.253 e. The van der Waals surface area contributed by atoms with Gasteiger partial charge < -0.3 is 14.6 Å². The first-order valence-electron chi connectivity index (χ1n) is 6.07. The Labute approximate surface area is 103 Å². The van der Waals surface area contributed by atoms with Crippen molar-refractivity contribution in [2.45, 2.75) is 32.9 Å². The van der Waals surface area contributed by atoms with Crippen LogP contribution in [0.25, 0.3) is 0 Å². The van der Waals surface area contributed by atoms with E-state index < -0.39 is 0 Å². The summed E-state index contributed by atoms with van der Waals surface area (Å²) in [6.45, 7) is 6.16. The summed E-state index contributed by atoms with van der Waals surface area (Å²) >= 11 is 0. The van der Waals surface area contributed by atoms with Crippen molar-refractivity contribution in [2.75, 3.05) is 20.3 Å². The molecule has 4 nitrogen and oxygen atoms in total. The molecule has 0 bridgehead atoms. The summed E-state index contributed by atoms with van der Waals surface area (Å²) < 4.78 is 6.90. The maximum absolute atomic E-state index is 11.9. The molecule has 0 radical (unpaired) electrons. The Bertz CT molecular complexity index is 387. The van der Waals surface area contributed by atoms with Crippen LogP contribution in [0.4, 0.5) is 0 Å². The number of rotatable bonds is 7. The highest BCUT2D eigenvalue weighted by Gasteiger charge is 2.09. The smallest absolute Gasteiger partial charge is 0.253 e. The Hall–Kier alpha value is -1.13. The molecule has 1 heterocycles. The average Bonchev–Trinajstić information content (AvgIpc) is 2.32. The molecule has 1 atom stereocenters. The largest absolute Gasteiger partial charge is 0.383 e. The fraction of sp³-hybridized carbons (Fsp3) is 0.615. The molecule has 1 rings (SSSR count). The Morgan fingerprint density at radius 2 is 2.29 bits per heavy atom. The van der Waals surface area contributed by atoms with Gasteiger partial charge in [0.05, 0.1) is 6.61 Å². The normalized spacial score (nSPS) is 12.6. The molecule has 4 heteroatoms. The standard InChI is InChI=1S/C13H22N2O2/c1-4-7-14-12(10-17-3)9-15-8-5-6-11(2)13(15)16/h5-6,8,12,14H,4,7,9-10H2,1-3H3. The highest BCUT2D eigenvalue weighted by Crippen LogP contribution is 1.94. The van der Waals surface area contributed by atoms with Crippen LogP contribution in [0.2, 0.25) is 0 Å². The average molecular weight is 238 g/mol. The number of ether oxygens (including phenoxy) is 1. The third kappa shape index (κ3) is 4.32. The molecular formula is C13H22N2O2. The first-order chi connectivity index (χ1) is 8.19. The molecule has 96 valence electrons. The van der Waals surface area contributed by atoms with E-state index in [-0.39, 0.29) is 11.6 Å². The van der Waals surface area contributed by atoms with Gasteiger partial charge in [-0.1, -0.05) is 13.0 Å². The number of hydrogen-bond donors (Lipinski definition) is 1. The molecule has 1 aromatic heterocycles. The molecule has 0 aromatic carbocycles. The van der Waals surface area contributed by atoms with Gasteiger partial charge in [-0.3, -0.25) is 4.79 Å². The van der Waals surface area contributed by atoms with Crippen molar-refractivity contribution in [1.29, 1.82) is 0 Å². The second-order valence-corrected chi connectivity index (χ2v) is 4.26. The van der Waals surface area contributed by atoms with Crippen molar-refractivity contribution in [2.24, 2.45) is 0 Å². The van der Waals surface area contributed by atoms with Crippen molar-refractivity contribution in [3.05, 3.63) is 34.2 Å². The van der Waals surface area contributed by atoms with Gasteiger partial charge in [-0.15, -0.1) is 0 Å². The molecule has 0 aliphatic heterocycles. The molecule has 1 aromatic rings. The van der Waals surface area contributed by atoms with Gasteiger partial charge in [-0.2, -0.15) is 0 Å². The lowest BCUT2D eigenvalue weighted by molar-refractivity contribution is 0.158. The zero-order valence-corrected chi connectivity index (χ0v) is 10.9. The highest BCUT2D eigenvalue weighted by molar-refractivity contribution is 5.07. The number of nitrogens with one attached hydrogen (secondary N) is 1. The van der Waals surface area contributed by atoms with Gasteiger partial charge in [0.15, 0.2) is 0 Å². The molecule has 0 aliphatic carbocycles. The molecule has 0 spiro atoms. The van der Waals surface area contributed by atoms with Crippen molar-refractivity contribution >= 4 is 0 Å². The summed E-state index contributed by atoms with van der Waals surface area (Å²) in [6, 6.07) is 3.92. The topological polar surface area (TPSA) is 43.3 Å². The Kier molecular flexibility index (Phi) is 5.94. The van der Waals surface area contributed by atoms with Crippen LogP contribution in [0.15, 0.2) is 23.1 Å². The summed E-state index contributed by atoms with van der Waals surface area (Å²) in [4.78, 5) is 11.9. The van der Waals surface area contributed by atoms with Crippen LogP contribution in [0.1, 0.15) is 18.9 Å². The lowest BCUT2D eigenvalue weighted by Gasteiger charge is -2.19. The summed E-state index contributed by atoms with van der Waals surface area (Å²) in [5.74, 6) is 0. The predicted octanol–water partition coefficient (Wildman–Crippen LogP) is 1.17. The fourth-order valence-electron chi connectivity index (χ4n) is 1.76. The molecule has 0 saturated heterocycles. The summed E-state index contributed by atoms with van der Waals surface area (Å²) in [6.07, 6.45) is 2.90. The van der Waals surface area contributed by atoms with Crippen LogP contribution in [0.5, 0.6) is 0 Å². The van der Waals surface area contributed by atoms with Crippen LogP contribution in [0.3, 0.4) is 0 Å². The van der Waals surface area contributed by atoms with Crippen molar-refractivity contribution < 1.29 is 4.74 Å². The molecule has 0 fully saturated rings. The lowest BCUT2D eigenvalue weighted by atomic mass is 10.2. The van der Waals surface area contributed by atoms with E-state index in [9.17, 15) is 4.79 Å². The predicted molar refractivity (Wildman–Crippen MR) is 69.4 cm³/mol. The number of methoxy groups -OCH3 is 1. The third-order valence-electron chi connectivity index (χ3n) is 2.68. The van der Waals surface area contributed by atoms with Gasteiger partial charge in [0.2, 0.25) is 0 Å². The molecular weight excluding hydrogens is 216 g/mol. The van der Waals surface area contributed by atoms with E-state index in [1.54, 1.807) is 11.7 Å². The fourth-order valence-corrected chi connectivity index (χ4v) is 1.76. The van der Waals surface area contributed by atoms with E-state index in [0.29, 0.717) is 13.2 Å². The van der Waals surface area contributed by atoms with Crippen LogP contribution in [-0.2, 0) is 11.3 Å². The van der Waals surface area contributed by atoms with Gasteiger partial charge in [-0.25, -0.2) is 0 Å². The monoisotopic (exact) mass is 238 g/mol. The first kappa shape index (κ1) is 13.9. The summed E-state index contributed by atoms with van der Waals surface area (Å²) in [7, 11) is 1.68. The third-order valence-corrected chi connectivity index (χ3v) is 2.68. The van der Waals surface area contributed by atoms with Crippen molar-refractivity contribution in [1.82, 2.24) is 9.88 Å². The SMILES string of the molecule is CCCNC(COC)Cn1cccc(C)c1=O. The molecule has 1 unspecified atom stereocenters. The van der Waals surface area contributed by atoms with Crippen LogP contribution in [0, 0.1) is 6.92 Å². The van der Waals surface area contributed by atoms with E-state index in [2.05, 4.69) is 12.2 Å². The molecule has 0 aliphatic rings. The molecule has 0 saturated carbocycles. The lowest BCUT2D eigenvalue weighted by Crippen LogP contribution is -2.40. The molecule has 0 amide bonds. The molecule has 17 heavy (non-hydrogen) atoms. The van der Waals surface area contributed by atoms with E-state index in [1.165, 1.54) is 0 Å². The second kappa shape index (κ2) is 7.25. The van der Waals surface area contributed by atoms with Crippen LogP contribution >= 0.6 is 0 Å². The summed E-state index contributed by atoms with van der Waals surface area (Å²) in [5.41, 5.74) is 0.853. The quantitative estimate of drug-likeness (QED) is 0.775. The minimum atomic E-state index is 0.0758. The Balaban J connectivity index is 2.71. The van der Waals surface area contributed by atoms with Crippen LogP contribution in [-0.4, -0.2) is 30.9 Å². The van der Waals surface area contributed by atoms with Gasteiger partial charge in [0, 0.05) is 31.5 Å².